The quantitative estimate of drug-likeness (QED) is 0.920. The van der Waals surface area contributed by atoms with Crippen LogP contribution in [0, 0.1) is 0 Å². The Balaban J connectivity index is 1.90. The Labute approximate surface area is 124 Å². The van der Waals surface area contributed by atoms with Crippen molar-refractivity contribution in [2.75, 3.05) is 13.2 Å². The van der Waals surface area contributed by atoms with E-state index in [0.29, 0.717) is 26.0 Å². The number of carboxylic acid groups (broad SMARTS) is 1. The number of nitrogens with zero attached hydrogens (tertiary/aromatic N) is 1. The molecule has 1 aromatic carbocycles. The summed E-state index contributed by atoms with van der Waals surface area (Å²) in [6.07, 6.45) is 1.12. The lowest BCUT2D eigenvalue weighted by Gasteiger charge is -2.38. The Hall–Kier alpha value is -1.88. The van der Waals surface area contributed by atoms with Gasteiger partial charge in [0, 0.05) is 13.0 Å². The number of morpholine rings is 1. The van der Waals surface area contributed by atoms with E-state index in [-0.39, 0.29) is 23.6 Å². The van der Waals surface area contributed by atoms with Crippen molar-refractivity contribution in [2.24, 2.45) is 0 Å². The number of hydrogen-bond acceptors (Lipinski definition) is 3. The monoisotopic (exact) mass is 291 g/mol. The van der Waals surface area contributed by atoms with Crippen LogP contribution < -0.4 is 0 Å². The van der Waals surface area contributed by atoms with Gasteiger partial charge >= 0.3 is 5.97 Å². The van der Waals surface area contributed by atoms with E-state index in [4.69, 9.17) is 9.84 Å². The van der Waals surface area contributed by atoms with Crippen LogP contribution in [0.3, 0.4) is 0 Å². The van der Waals surface area contributed by atoms with E-state index in [1.807, 2.05) is 18.7 Å². The smallest absolute Gasteiger partial charge is 0.335 e. The normalized spacial score (nSPS) is 22.1. The second-order valence-corrected chi connectivity index (χ2v) is 5.41. The maximum atomic E-state index is 12.3. The largest absolute Gasteiger partial charge is 0.478 e. The third kappa shape index (κ3) is 3.82. The van der Waals surface area contributed by atoms with Crippen molar-refractivity contribution in [3.63, 3.8) is 0 Å². The third-order valence-electron chi connectivity index (χ3n) is 4.03. The average molecular weight is 291 g/mol. The van der Waals surface area contributed by atoms with E-state index in [0.717, 1.165) is 5.56 Å². The first-order valence-corrected chi connectivity index (χ1v) is 7.22. The molecule has 0 saturated carbocycles. The van der Waals surface area contributed by atoms with Gasteiger partial charge in [-0.3, -0.25) is 4.79 Å². The molecule has 1 amide bonds. The highest BCUT2D eigenvalue weighted by molar-refractivity contribution is 5.87. The maximum absolute atomic E-state index is 12.3. The summed E-state index contributed by atoms with van der Waals surface area (Å²) < 4.78 is 5.52. The minimum Gasteiger partial charge on any atom is -0.478 e. The van der Waals surface area contributed by atoms with Gasteiger partial charge in [0.2, 0.25) is 5.91 Å². The molecule has 0 radical (unpaired) electrons. The fourth-order valence-corrected chi connectivity index (χ4v) is 2.49. The number of benzene rings is 1. The molecule has 1 saturated heterocycles. The van der Waals surface area contributed by atoms with Crippen LogP contribution in [0.1, 0.15) is 36.2 Å². The van der Waals surface area contributed by atoms with Gasteiger partial charge in [0.25, 0.3) is 0 Å². The highest BCUT2D eigenvalue weighted by Gasteiger charge is 2.28. The molecule has 1 aliphatic rings. The molecule has 1 fully saturated rings. The SMILES string of the molecule is C[C@@H]1OCCN(C(=O)CCc2ccc(C(=O)O)cc2)[C@@H]1C. The van der Waals surface area contributed by atoms with Gasteiger partial charge in [0.05, 0.1) is 24.3 Å². The Morgan fingerprint density at radius 3 is 2.57 bits per heavy atom. The standard InChI is InChI=1S/C16H21NO4/c1-11-12(2)21-10-9-17(11)15(18)8-5-13-3-6-14(7-4-13)16(19)20/h3-4,6-7,11-12H,5,8-10H2,1-2H3,(H,19,20)/t11-,12+/m1/s1. The molecular weight excluding hydrogens is 270 g/mol. The summed E-state index contributed by atoms with van der Waals surface area (Å²) in [6, 6.07) is 6.77. The highest BCUT2D eigenvalue weighted by Crippen LogP contribution is 2.16. The third-order valence-corrected chi connectivity index (χ3v) is 4.03. The summed E-state index contributed by atoms with van der Waals surface area (Å²) in [4.78, 5) is 24.9. The van der Waals surface area contributed by atoms with Gasteiger partial charge < -0.3 is 14.7 Å². The number of amides is 1. The molecule has 5 heteroatoms. The number of ether oxygens (including phenoxy) is 1. The van der Waals surface area contributed by atoms with Crippen LogP contribution in [0.25, 0.3) is 0 Å². The molecule has 5 nitrogen and oxygen atoms in total. The first-order valence-electron chi connectivity index (χ1n) is 7.22. The fraction of sp³-hybridized carbons (Fsp3) is 0.500. The number of carbonyl (C=O) groups excluding carboxylic acids is 1. The minimum atomic E-state index is -0.936. The van der Waals surface area contributed by atoms with E-state index in [1.165, 1.54) is 0 Å². The molecule has 2 atom stereocenters. The zero-order valence-corrected chi connectivity index (χ0v) is 12.4. The topological polar surface area (TPSA) is 66.8 Å². The molecule has 21 heavy (non-hydrogen) atoms. The zero-order chi connectivity index (χ0) is 15.4. The minimum absolute atomic E-state index is 0.0672. The van der Waals surface area contributed by atoms with E-state index in [9.17, 15) is 9.59 Å². The number of carboxylic acids is 1. The molecule has 0 aliphatic carbocycles. The number of hydrogen-bond donors (Lipinski definition) is 1. The van der Waals surface area contributed by atoms with E-state index >= 15 is 0 Å². The molecule has 0 unspecified atom stereocenters. The molecule has 1 N–H and O–H groups in total. The predicted octanol–water partition coefficient (Wildman–Crippen LogP) is 1.95. The van der Waals surface area contributed by atoms with E-state index < -0.39 is 5.97 Å². The summed E-state index contributed by atoms with van der Waals surface area (Å²) in [5.41, 5.74) is 1.24. The van der Waals surface area contributed by atoms with Crippen molar-refractivity contribution in [3.05, 3.63) is 35.4 Å². The van der Waals surface area contributed by atoms with Crippen LogP contribution in [0.4, 0.5) is 0 Å². The summed E-state index contributed by atoms with van der Waals surface area (Å²) in [5, 5.41) is 8.85. The number of aromatic carboxylic acids is 1. The van der Waals surface area contributed by atoms with Gasteiger partial charge in [0.15, 0.2) is 0 Å². The molecule has 0 bridgehead atoms. The second-order valence-electron chi connectivity index (χ2n) is 5.41. The Morgan fingerprint density at radius 2 is 1.95 bits per heavy atom. The van der Waals surface area contributed by atoms with Crippen molar-refractivity contribution in [2.45, 2.75) is 38.8 Å². The van der Waals surface area contributed by atoms with Crippen LogP contribution in [-0.4, -0.2) is 47.2 Å². The number of aryl methyl sites for hydroxylation is 1. The van der Waals surface area contributed by atoms with Gasteiger partial charge in [-0.2, -0.15) is 0 Å². The molecular formula is C16H21NO4. The molecule has 2 rings (SSSR count). The molecule has 114 valence electrons. The number of rotatable bonds is 4. The van der Waals surface area contributed by atoms with Crippen LogP contribution in [0.15, 0.2) is 24.3 Å². The van der Waals surface area contributed by atoms with Crippen LogP contribution in [-0.2, 0) is 16.0 Å². The maximum Gasteiger partial charge on any atom is 0.335 e. The lowest BCUT2D eigenvalue weighted by atomic mass is 10.1. The van der Waals surface area contributed by atoms with Crippen LogP contribution >= 0.6 is 0 Å². The lowest BCUT2D eigenvalue weighted by Crippen LogP contribution is -2.51. The van der Waals surface area contributed by atoms with Gasteiger partial charge in [-0.05, 0) is 38.0 Å². The fourth-order valence-electron chi connectivity index (χ4n) is 2.49. The molecule has 1 aliphatic heterocycles. The lowest BCUT2D eigenvalue weighted by molar-refractivity contribution is -0.143. The second kappa shape index (κ2) is 6.72. The Bertz CT molecular complexity index is 512. The van der Waals surface area contributed by atoms with Gasteiger partial charge in [-0.25, -0.2) is 4.79 Å². The highest BCUT2D eigenvalue weighted by atomic mass is 16.5. The first-order chi connectivity index (χ1) is 9.99. The van der Waals surface area contributed by atoms with Gasteiger partial charge in [-0.15, -0.1) is 0 Å². The van der Waals surface area contributed by atoms with Gasteiger partial charge in [-0.1, -0.05) is 12.1 Å². The van der Waals surface area contributed by atoms with Crippen molar-refractivity contribution < 1.29 is 19.4 Å². The van der Waals surface area contributed by atoms with E-state index in [2.05, 4.69) is 0 Å². The molecule has 0 spiro atoms. The van der Waals surface area contributed by atoms with Crippen molar-refractivity contribution >= 4 is 11.9 Å². The van der Waals surface area contributed by atoms with Crippen LogP contribution in [0.5, 0.6) is 0 Å². The summed E-state index contributed by atoms with van der Waals surface area (Å²) in [5.74, 6) is -0.811. The Morgan fingerprint density at radius 1 is 1.29 bits per heavy atom. The number of carbonyl (C=O) groups is 2. The van der Waals surface area contributed by atoms with E-state index in [1.54, 1.807) is 24.3 Å². The summed E-state index contributed by atoms with van der Waals surface area (Å²) >= 11 is 0. The summed E-state index contributed by atoms with van der Waals surface area (Å²) in [6.45, 7) is 5.21. The Kier molecular flexibility index (Phi) is 4.96. The molecule has 0 aromatic heterocycles. The van der Waals surface area contributed by atoms with Crippen molar-refractivity contribution in [1.29, 1.82) is 0 Å². The zero-order valence-electron chi connectivity index (χ0n) is 12.4. The predicted molar refractivity (Wildman–Crippen MR) is 78.3 cm³/mol. The first kappa shape index (κ1) is 15.5. The van der Waals surface area contributed by atoms with Crippen molar-refractivity contribution in [1.82, 2.24) is 4.90 Å². The van der Waals surface area contributed by atoms with Crippen LogP contribution in [0.2, 0.25) is 0 Å². The summed E-state index contributed by atoms with van der Waals surface area (Å²) in [7, 11) is 0. The average Bonchev–Trinajstić information content (AvgIpc) is 2.48. The molecule has 1 heterocycles. The van der Waals surface area contributed by atoms with Crippen molar-refractivity contribution in [3.8, 4) is 0 Å². The molecule has 1 aromatic rings. The van der Waals surface area contributed by atoms with Gasteiger partial charge in [0.1, 0.15) is 0 Å².